The fourth-order valence-corrected chi connectivity index (χ4v) is 6.32. The zero-order chi connectivity index (χ0) is 31.6. The van der Waals surface area contributed by atoms with E-state index in [2.05, 4.69) is 5.32 Å². The van der Waals surface area contributed by atoms with Gasteiger partial charge in [-0.15, -0.1) is 0 Å². The highest BCUT2D eigenvalue weighted by atomic mass is 16.8. The third-order valence-electron chi connectivity index (χ3n) is 8.22. The lowest BCUT2D eigenvalue weighted by Crippen LogP contribution is -2.44. The van der Waals surface area contributed by atoms with E-state index in [1.165, 1.54) is 0 Å². The Labute approximate surface area is 256 Å². The Hall–Kier alpha value is -3.35. The Morgan fingerprint density at radius 3 is 2.16 bits per heavy atom. The molecule has 2 saturated heterocycles. The van der Waals surface area contributed by atoms with Gasteiger partial charge in [-0.05, 0) is 56.4 Å². The van der Waals surface area contributed by atoms with E-state index in [1.807, 2.05) is 48.5 Å². The summed E-state index contributed by atoms with van der Waals surface area (Å²) in [6.45, 7) is 7.41. The minimum atomic E-state index is -1.16. The summed E-state index contributed by atoms with van der Waals surface area (Å²) in [6, 6.07) is 14.9. The van der Waals surface area contributed by atoms with Crippen LogP contribution in [0.1, 0.15) is 70.4 Å². The first-order valence-corrected chi connectivity index (χ1v) is 15.0. The zero-order valence-electron chi connectivity index (χ0n) is 25.5. The number of fused-ring (bicyclic) bond motifs is 3. The van der Waals surface area contributed by atoms with Gasteiger partial charge in [-0.2, -0.15) is 0 Å². The van der Waals surface area contributed by atoms with Gasteiger partial charge in [0.15, 0.2) is 11.6 Å². The van der Waals surface area contributed by atoms with Crippen molar-refractivity contribution in [1.82, 2.24) is 5.32 Å². The Morgan fingerprint density at radius 1 is 0.932 bits per heavy atom. The molecule has 1 aliphatic carbocycles. The molecule has 11 heteroatoms. The molecule has 44 heavy (non-hydrogen) atoms. The van der Waals surface area contributed by atoms with Crippen molar-refractivity contribution < 1.29 is 48.3 Å². The van der Waals surface area contributed by atoms with Crippen molar-refractivity contribution in [3.63, 3.8) is 0 Å². The van der Waals surface area contributed by atoms with Crippen molar-refractivity contribution >= 4 is 17.8 Å². The minimum Gasteiger partial charge on any atom is -0.481 e. The average molecular weight is 612 g/mol. The van der Waals surface area contributed by atoms with Gasteiger partial charge in [0.1, 0.15) is 30.7 Å². The first-order chi connectivity index (χ1) is 20.8. The number of hydrogen-bond acceptors (Lipinski definition) is 9. The highest BCUT2D eigenvalue weighted by molar-refractivity contribution is 5.81. The number of carboxylic acids is 1. The van der Waals surface area contributed by atoms with Crippen molar-refractivity contribution in [1.29, 1.82) is 0 Å². The number of ketones is 1. The van der Waals surface area contributed by atoms with E-state index >= 15 is 0 Å². The molecule has 0 spiro atoms. The first kappa shape index (κ1) is 32.1. The predicted octanol–water partition coefficient (Wildman–Crippen LogP) is 4.14. The van der Waals surface area contributed by atoms with Crippen LogP contribution in [0.5, 0.6) is 0 Å². The molecule has 1 unspecified atom stereocenters. The third-order valence-corrected chi connectivity index (χ3v) is 8.22. The van der Waals surface area contributed by atoms with Gasteiger partial charge in [0.2, 0.25) is 0 Å². The van der Waals surface area contributed by atoms with Gasteiger partial charge in [0.25, 0.3) is 0 Å². The molecule has 0 saturated carbocycles. The van der Waals surface area contributed by atoms with E-state index in [9.17, 15) is 24.6 Å². The Balaban J connectivity index is 1.14. The number of carbonyl (C=O) groups is 3. The number of benzene rings is 2. The van der Waals surface area contributed by atoms with Crippen LogP contribution in [0.3, 0.4) is 0 Å². The number of amides is 1. The second-order valence-electron chi connectivity index (χ2n) is 12.5. The van der Waals surface area contributed by atoms with Gasteiger partial charge in [-0.25, -0.2) is 4.79 Å². The molecule has 1 amide bonds. The zero-order valence-corrected chi connectivity index (χ0v) is 25.5. The normalized spacial score (nSPS) is 24.7. The average Bonchev–Trinajstić information content (AvgIpc) is 3.60. The Morgan fingerprint density at radius 2 is 1.57 bits per heavy atom. The summed E-state index contributed by atoms with van der Waals surface area (Å²) in [6.07, 6.45) is -4.34. The highest BCUT2D eigenvalue weighted by Gasteiger charge is 2.51. The maximum Gasteiger partial charge on any atom is 0.407 e. The van der Waals surface area contributed by atoms with Crippen LogP contribution in [0.15, 0.2) is 48.5 Å². The monoisotopic (exact) mass is 611 g/mol. The van der Waals surface area contributed by atoms with Crippen molar-refractivity contribution in [2.45, 2.75) is 101 Å². The summed E-state index contributed by atoms with van der Waals surface area (Å²) in [5, 5.41) is 23.0. The first-order valence-electron chi connectivity index (χ1n) is 15.0. The second-order valence-corrected chi connectivity index (χ2v) is 12.5. The fraction of sp³-hybridized carbons (Fsp3) is 0.545. The van der Waals surface area contributed by atoms with E-state index in [1.54, 1.807) is 27.7 Å². The number of carbonyl (C=O) groups excluding carboxylic acids is 2. The van der Waals surface area contributed by atoms with Gasteiger partial charge in [0, 0.05) is 24.8 Å². The van der Waals surface area contributed by atoms with Gasteiger partial charge in [-0.3, -0.25) is 9.59 Å². The predicted molar refractivity (Wildman–Crippen MR) is 158 cm³/mol. The van der Waals surface area contributed by atoms with Crippen LogP contribution in [0.4, 0.5) is 4.79 Å². The third kappa shape index (κ3) is 7.47. The summed E-state index contributed by atoms with van der Waals surface area (Å²) >= 11 is 0. The lowest BCUT2D eigenvalue weighted by Gasteiger charge is -2.26. The number of aliphatic carboxylic acids is 1. The van der Waals surface area contributed by atoms with Crippen LogP contribution in [-0.4, -0.2) is 83.3 Å². The molecular formula is C33H41NO10. The molecule has 0 bridgehead atoms. The Bertz CT molecular complexity index is 1330. The van der Waals surface area contributed by atoms with Crippen molar-refractivity contribution in [3.05, 3.63) is 59.7 Å². The van der Waals surface area contributed by atoms with Crippen LogP contribution in [-0.2, 0) is 33.3 Å². The number of aliphatic hydroxyl groups excluding tert-OH is 1. The van der Waals surface area contributed by atoms with Crippen molar-refractivity contribution in [2.24, 2.45) is 0 Å². The summed E-state index contributed by atoms with van der Waals surface area (Å²) in [7, 11) is 0. The number of alkyl carbamates (subject to hydrolysis) is 1. The molecule has 2 heterocycles. The molecule has 2 aromatic rings. The topological polar surface area (TPSA) is 150 Å². The molecule has 2 aromatic carbocycles. The van der Waals surface area contributed by atoms with Gasteiger partial charge < -0.3 is 39.2 Å². The molecular weight excluding hydrogens is 570 g/mol. The summed E-state index contributed by atoms with van der Waals surface area (Å²) < 4.78 is 29.1. The van der Waals surface area contributed by atoms with Crippen LogP contribution < -0.4 is 5.32 Å². The van der Waals surface area contributed by atoms with E-state index in [4.69, 9.17) is 23.7 Å². The molecule has 11 nitrogen and oxygen atoms in total. The quantitative estimate of drug-likeness (QED) is 0.320. The number of hydrogen-bond donors (Lipinski definition) is 3. The largest absolute Gasteiger partial charge is 0.481 e. The smallest absolute Gasteiger partial charge is 0.407 e. The van der Waals surface area contributed by atoms with E-state index < -0.39 is 60.5 Å². The number of aliphatic hydroxyl groups is 1. The van der Waals surface area contributed by atoms with Gasteiger partial charge in [0.05, 0.1) is 19.1 Å². The van der Waals surface area contributed by atoms with E-state index in [-0.39, 0.29) is 44.2 Å². The molecule has 3 aliphatic rings. The summed E-state index contributed by atoms with van der Waals surface area (Å²) in [5.74, 6) is -3.38. The molecule has 3 N–H and O–H groups in total. The lowest BCUT2D eigenvalue weighted by molar-refractivity contribution is -0.175. The van der Waals surface area contributed by atoms with E-state index in [0.717, 1.165) is 22.3 Å². The van der Waals surface area contributed by atoms with Crippen LogP contribution >= 0.6 is 0 Å². The number of ether oxygens (including phenoxy) is 5. The number of nitrogens with one attached hydrogen (secondary N) is 1. The fourth-order valence-electron chi connectivity index (χ4n) is 6.32. The van der Waals surface area contributed by atoms with Crippen molar-refractivity contribution in [3.8, 4) is 11.1 Å². The number of Topliss-reactive ketones (excluding diaryl/α,β-unsaturated/α-hetero) is 1. The Kier molecular flexibility index (Phi) is 9.43. The van der Waals surface area contributed by atoms with Gasteiger partial charge in [-0.1, -0.05) is 48.5 Å². The van der Waals surface area contributed by atoms with Gasteiger partial charge >= 0.3 is 12.1 Å². The molecule has 0 aromatic heterocycles. The maximum absolute atomic E-state index is 12.9. The number of rotatable bonds is 12. The van der Waals surface area contributed by atoms with Crippen LogP contribution in [0, 0.1) is 0 Å². The molecule has 5 rings (SSSR count). The summed E-state index contributed by atoms with van der Waals surface area (Å²) in [4.78, 5) is 37.2. The van der Waals surface area contributed by atoms with Crippen molar-refractivity contribution in [2.75, 3.05) is 13.2 Å². The van der Waals surface area contributed by atoms with Crippen LogP contribution in [0.25, 0.3) is 11.1 Å². The standard InChI is InChI=1S/C33H41NO10/c1-32(2)41-18-27(42-32)30-29(43-33(3,4)44-30)26(36)14-13-20(35)15-19(16-28(37)38)34-31(39)40-17-25-23-11-7-5-9-21(23)22-10-6-8-12-24(22)25/h5-12,19,25-27,29-30,36H,13-18H2,1-4H3,(H,34,39)(H,37,38)/t19?,26-,27+,29+,30+/m0/s1. The second kappa shape index (κ2) is 12.9. The number of carboxylic acid groups (broad SMARTS) is 1. The minimum absolute atomic E-state index is 0.0514. The molecule has 0 radical (unpaired) electrons. The molecule has 5 atom stereocenters. The molecule has 238 valence electrons. The lowest BCUT2D eigenvalue weighted by atomic mass is 9.97. The van der Waals surface area contributed by atoms with Crippen LogP contribution in [0.2, 0.25) is 0 Å². The molecule has 2 fully saturated rings. The summed E-state index contributed by atoms with van der Waals surface area (Å²) in [5.41, 5.74) is 4.28. The maximum atomic E-state index is 12.9. The highest BCUT2D eigenvalue weighted by Crippen LogP contribution is 2.44. The SMILES string of the molecule is CC1(C)O[C@H]([C@@H](O)CCC(=O)CC(CC(=O)O)NC(=O)OCC2c3ccccc3-c3ccccc32)[C@@H]([C@H]2COC(C)(C)O2)O1. The molecule has 2 aliphatic heterocycles. The van der Waals surface area contributed by atoms with E-state index in [0.29, 0.717) is 0 Å².